The van der Waals surface area contributed by atoms with Gasteiger partial charge in [0.25, 0.3) is 0 Å². The topological polar surface area (TPSA) is 30.0 Å². The van der Waals surface area contributed by atoms with E-state index in [-0.39, 0.29) is 6.61 Å². The fraction of sp³-hybridized carbons (Fsp3) is 0.500. The predicted molar refractivity (Wildman–Crippen MR) is 114 cm³/mol. The Morgan fingerprint density at radius 3 is 1.61 bits per heavy atom. The summed E-state index contributed by atoms with van der Waals surface area (Å²) in [7, 11) is 0. The van der Waals surface area contributed by atoms with E-state index in [1.807, 2.05) is 0 Å². The summed E-state index contributed by atoms with van der Waals surface area (Å²) in [5.41, 5.74) is 5.91. The van der Waals surface area contributed by atoms with Crippen LogP contribution in [0.3, 0.4) is 0 Å². The number of piperazine rings is 1. The van der Waals surface area contributed by atoms with Gasteiger partial charge in [-0.1, -0.05) is 48.5 Å². The van der Waals surface area contributed by atoms with Crippen LogP contribution >= 0.6 is 0 Å². The van der Waals surface area contributed by atoms with E-state index in [0.717, 1.165) is 58.8 Å². The average molecular weight is 380 g/mol. The lowest BCUT2D eigenvalue weighted by Crippen LogP contribution is -2.47. The Balaban J connectivity index is 1.35. The number of β-amino-alcohol motifs (C(OH)–C–C–N with tert-alkyl or cyclic N) is 1. The van der Waals surface area contributed by atoms with Gasteiger partial charge >= 0.3 is 0 Å². The molecule has 0 saturated carbocycles. The molecule has 2 aliphatic heterocycles. The number of nitrogens with zero attached hydrogens (tertiary/aromatic N) is 3. The monoisotopic (exact) mass is 379 g/mol. The number of hydrogen-bond acceptors (Lipinski definition) is 4. The third kappa shape index (κ3) is 5.00. The van der Waals surface area contributed by atoms with Crippen molar-refractivity contribution < 1.29 is 5.11 Å². The standard InChI is InChI=1S/C24H33N3O/c28-17-16-26-14-12-25(13-15-26)10-5-11-27-19-23-8-3-1-6-21(23)18-22-7-2-4-9-24(22)20-27/h1-4,6-9,28H,5,10-20H2. The van der Waals surface area contributed by atoms with Crippen molar-refractivity contribution in [2.45, 2.75) is 25.9 Å². The maximum Gasteiger partial charge on any atom is 0.0558 e. The normalized spacial score (nSPS) is 18.9. The lowest BCUT2D eigenvalue weighted by molar-refractivity contribution is 0.108. The zero-order valence-electron chi connectivity index (χ0n) is 16.9. The highest BCUT2D eigenvalue weighted by molar-refractivity contribution is 5.38. The molecule has 0 bridgehead atoms. The quantitative estimate of drug-likeness (QED) is 0.836. The van der Waals surface area contributed by atoms with E-state index in [1.165, 1.54) is 35.2 Å². The first-order valence-corrected chi connectivity index (χ1v) is 10.7. The smallest absolute Gasteiger partial charge is 0.0558 e. The summed E-state index contributed by atoms with van der Waals surface area (Å²) in [4.78, 5) is 7.57. The van der Waals surface area contributed by atoms with Gasteiger partial charge in [-0.2, -0.15) is 0 Å². The summed E-state index contributed by atoms with van der Waals surface area (Å²) in [6.07, 6.45) is 2.27. The molecule has 0 atom stereocenters. The summed E-state index contributed by atoms with van der Waals surface area (Å²) in [6.45, 7) is 9.95. The third-order valence-electron chi connectivity index (χ3n) is 6.24. The predicted octanol–water partition coefficient (Wildman–Crippen LogP) is 2.59. The van der Waals surface area contributed by atoms with Crippen molar-refractivity contribution >= 4 is 0 Å². The van der Waals surface area contributed by atoms with Crippen LogP contribution in [0.4, 0.5) is 0 Å². The zero-order chi connectivity index (χ0) is 19.2. The second kappa shape index (κ2) is 9.66. The van der Waals surface area contributed by atoms with Gasteiger partial charge in [0.2, 0.25) is 0 Å². The molecule has 0 aromatic heterocycles. The molecule has 4 nitrogen and oxygen atoms in total. The van der Waals surface area contributed by atoms with E-state index in [4.69, 9.17) is 5.11 Å². The van der Waals surface area contributed by atoms with Crippen LogP contribution in [0, 0.1) is 0 Å². The lowest BCUT2D eigenvalue weighted by Gasteiger charge is -2.35. The molecule has 1 N–H and O–H groups in total. The molecule has 0 unspecified atom stereocenters. The second-order valence-corrected chi connectivity index (χ2v) is 8.19. The SMILES string of the molecule is OCCN1CCN(CCCN2Cc3ccccc3Cc3ccccc3C2)CC1. The largest absolute Gasteiger partial charge is 0.395 e. The molecule has 150 valence electrons. The molecule has 0 radical (unpaired) electrons. The van der Waals surface area contributed by atoms with Crippen molar-refractivity contribution in [2.75, 3.05) is 52.4 Å². The number of rotatable bonds is 6. The highest BCUT2D eigenvalue weighted by Crippen LogP contribution is 2.24. The van der Waals surface area contributed by atoms with Gasteiger partial charge < -0.3 is 10.0 Å². The van der Waals surface area contributed by atoms with E-state index < -0.39 is 0 Å². The summed E-state index contributed by atoms with van der Waals surface area (Å²) in [6, 6.07) is 17.9. The summed E-state index contributed by atoms with van der Waals surface area (Å²) < 4.78 is 0. The zero-order valence-corrected chi connectivity index (χ0v) is 16.9. The van der Waals surface area contributed by atoms with Gasteiger partial charge in [0.15, 0.2) is 0 Å². The van der Waals surface area contributed by atoms with Crippen LogP contribution < -0.4 is 0 Å². The highest BCUT2D eigenvalue weighted by Gasteiger charge is 2.18. The maximum atomic E-state index is 9.09. The maximum absolute atomic E-state index is 9.09. The van der Waals surface area contributed by atoms with Crippen LogP contribution in [-0.4, -0.2) is 72.2 Å². The Morgan fingerprint density at radius 1 is 0.607 bits per heavy atom. The van der Waals surface area contributed by atoms with E-state index in [9.17, 15) is 0 Å². The van der Waals surface area contributed by atoms with Crippen molar-refractivity contribution in [3.63, 3.8) is 0 Å². The van der Waals surface area contributed by atoms with Crippen molar-refractivity contribution in [3.05, 3.63) is 70.8 Å². The molecule has 0 amide bonds. The molecule has 4 heteroatoms. The van der Waals surface area contributed by atoms with E-state index >= 15 is 0 Å². The van der Waals surface area contributed by atoms with Crippen LogP contribution in [0.5, 0.6) is 0 Å². The molecular weight excluding hydrogens is 346 g/mol. The molecule has 4 rings (SSSR count). The Bertz CT molecular complexity index is 708. The number of hydrogen-bond donors (Lipinski definition) is 1. The van der Waals surface area contributed by atoms with Gasteiger partial charge in [-0.15, -0.1) is 0 Å². The van der Waals surface area contributed by atoms with Gasteiger partial charge in [-0.05, 0) is 41.6 Å². The van der Waals surface area contributed by atoms with Gasteiger partial charge in [-0.25, -0.2) is 0 Å². The Kier molecular flexibility index (Phi) is 6.76. The average Bonchev–Trinajstić information content (AvgIpc) is 2.70. The number of benzene rings is 2. The number of fused-ring (bicyclic) bond motifs is 2. The van der Waals surface area contributed by atoms with Gasteiger partial charge in [0.05, 0.1) is 6.61 Å². The fourth-order valence-electron chi connectivity index (χ4n) is 4.57. The minimum Gasteiger partial charge on any atom is -0.395 e. The molecule has 28 heavy (non-hydrogen) atoms. The number of aliphatic hydroxyl groups is 1. The summed E-state index contributed by atoms with van der Waals surface area (Å²) >= 11 is 0. The first kappa shape index (κ1) is 19.6. The highest BCUT2D eigenvalue weighted by atomic mass is 16.3. The van der Waals surface area contributed by atoms with Crippen molar-refractivity contribution in [1.82, 2.24) is 14.7 Å². The van der Waals surface area contributed by atoms with Gasteiger partial charge in [-0.3, -0.25) is 9.80 Å². The minimum atomic E-state index is 0.276. The first-order valence-electron chi connectivity index (χ1n) is 10.7. The second-order valence-electron chi connectivity index (χ2n) is 8.19. The molecule has 2 aliphatic rings. The van der Waals surface area contributed by atoms with Crippen molar-refractivity contribution in [2.24, 2.45) is 0 Å². The van der Waals surface area contributed by atoms with Crippen molar-refractivity contribution in [1.29, 1.82) is 0 Å². The van der Waals surface area contributed by atoms with Crippen LogP contribution in [0.1, 0.15) is 28.7 Å². The number of aliphatic hydroxyl groups excluding tert-OH is 1. The summed E-state index contributed by atoms with van der Waals surface area (Å²) in [5, 5.41) is 9.09. The van der Waals surface area contributed by atoms with Crippen LogP contribution in [0.15, 0.2) is 48.5 Å². The Hall–Kier alpha value is -1.72. The molecule has 2 heterocycles. The van der Waals surface area contributed by atoms with Crippen LogP contribution in [0.25, 0.3) is 0 Å². The molecule has 0 aliphatic carbocycles. The molecule has 1 saturated heterocycles. The van der Waals surface area contributed by atoms with E-state index in [2.05, 4.69) is 63.2 Å². The molecular formula is C24H33N3O. The fourth-order valence-corrected chi connectivity index (χ4v) is 4.57. The molecule has 0 spiro atoms. The van der Waals surface area contributed by atoms with Crippen molar-refractivity contribution in [3.8, 4) is 0 Å². The molecule has 2 aromatic carbocycles. The molecule has 2 aromatic rings. The third-order valence-corrected chi connectivity index (χ3v) is 6.24. The Morgan fingerprint density at radius 2 is 1.07 bits per heavy atom. The first-order chi connectivity index (χ1) is 13.8. The van der Waals surface area contributed by atoms with Crippen LogP contribution in [-0.2, 0) is 19.5 Å². The minimum absolute atomic E-state index is 0.276. The lowest BCUT2D eigenvalue weighted by atomic mass is 9.93. The van der Waals surface area contributed by atoms with Crippen LogP contribution in [0.2, 0.25) is 0 Å². The van der Waals surface area contributed by atoms with Gasteiger partial charge in [0, 0.05) is 52.4 Å². The summed E-state index contributed by atoms with van der Waals surface area (Å²) in [5.74, 6) is 0. The van der Waals surface area contributed by atoms with E-state index in [1.54, 1.807) is 0 Å². The van der Waals surface area contributed by atoms with Gasteiger partial charge in [0.1, 0.15) is 0 Å². The Labute approximate surface area is 169 Å². The molecule has 1 fully saturated rings. The van der Waals surface area contributed by atoms with E-state index in [0.29, 0.717) is 0 Å².